The lowest BCUT2D eigenvalue weighted by molar-refractivity contribution is 0.0784. The number of nitrogens with zero attached hydrogens (tertiary/aromatic N) is 2. The average Bonchev–Trinajstić information content (AvgIpc) is 2.49. The number of hydrogen-bond donors (Lipinski definition) is 0. The number of carbonyl (C=O) groups excluding carboxylic acids is 1. The first-order valence-electron chi connectivity index (χ1n) is 6.31. The van der Waals surface area contributed by atoms with E-state index in [1.54, 1.807) is 44.6 Å². The molecule has 0 radical (unpaired) electrons. The standard InChI is InChI=1S/C15H13BrCl2N2O2/c1-20(8-9-5-11(17)3-4-13(9)22-2)15(21)12-6-10(16)7-19-14(12)18/h3-7H,8H2,1-2H3. The third-order valence-electron chi connectivity index (χ3n) is 3.03. The largest absolute Gasteiger partial charge is 0.496 e. The molecule has 0 fully saturated rings. The van der Waals surface area contributed by atoms with Crippen molar-refractivity contribution in [1.29, 1.82) is 0 Å². The van der Waals surface area contributed by atoms with Gasteiger partial charge in [-0.2, -0.15) is 0 Å². The maximum absolute atomic E-state index is 12.5. The van der Waals surface area contributed by atoms with Crippen LogP contribution in [0.2, 0.25) is 10.2 Å². The molecule has 0 unspecified atom stereocenters. The molecule has 0 spiro atoms. The second kappa shape index (κ2) is 7.31. The molecule has 1 amide bonds. The number of carbonyl (C=O) groups is 1. The second-order valence-corrected chi connectivity index (χ2v) is 6.32. The van der Waals surface area contributed by atoms with Crippen molar-refractivity contribution in [3.63, 3.8) is 0 Å². The van der Waals surface area contributed by atoms with Gasteiger partial charge in [0.1, 0.15) is 10.9 Å². The number of methoxy groups -OCH3 is 1. The second-order valence-electron chi connectivity index (χ2n) is 4.61. The van der Waals surface area contributed by atoms with E-state index in [9.17, 15) is 4.79 Å². The molecule has 0 saturated carbocycles. The van der Waals surface area contributed by atoms with Crippen LogP contribution in [-0.2, 0) is 6.54 Å². The lowest BCUT2D eigenvalue weighted by atomic mass is 10.1. The van der Waals surface area contributed by atoms with Gasteiger partial charge in [-0.15, -0.1) is 0 Å². The highest BCUT2D eigenvalue weighted by atomic mass is 79.9. The molecule has 0 bridgehead atoms. The summed E-state index contributed by atoms with van der Waals surface area (Å²) in [6.45, 7) is 0.339. The van der Waals surface area contributed by atoms with Crippen LogP contribution in [0.25, 0.3) is 0 Å². The predicted octanol–water partition coefficient (Wildman–Crippen LogP) is 4.43. The number of benzene rings is 1. The summed E-state index contributed by atoms with van der Waals surface area (Å²) in [7, 11) is 3.25. The van der Waals surface area contributed by atoms with E-state index >= 15 is 0 Å². The third-order valence-corrected chi connectivity index (χ3v) is 4.00. The Morgan fingerprint density at radius 1 is 1.36 bits per heavy atom. The van der Waals surface area contributed by atoms with Crippen LogP contribution in [0.1, 0.15) is 15.9 Å². The number of aromatic nitrogens is 1. The summed E-state index contributed by atoms with van der Waals surface area (Å²) < 4.78 is 5.98. The van der Waals surface area contributed by atoms with Crippen LogP contribution in [0.5, 0.6) is 5.75 Å². The normalized spacial score (nSPS) is 10.4. The molecule has 0 saturated heterocycles. The van der Waals surface area contributed by atoms with Gasteiger partial charge in [0.25, 0.3) is 5.91 Å². The van der Waals surface area contributed by atoms with E-state index in [1.165, 1.54) is 4.90 Å². The van der Waals surface area contributed by atoms with Crippen molar-refractivity contribution in [3.05, 3.63) is 56.2 Å². The van der Waals surface area contributed by atoms with E-state index in [4.69, 9.17) is 27.9 Å². The Hall–Kier alpha value is -1.30. The van der Waals surface area contributed by atoms with Crippen LogP contribution in [0.3, 0.4) is 0 Å². The fourth-order valence-electron chi connectivity index (χ4n) is 1.98. The Bertz CT molecular complexity index is 710. The number of ether oxygens (including phenoxy) is 1. The zero-order valence-corrected chi connectivity index (χ0v) is 15.0. The highest BCUT2D eigenvalue weighted by Crippen LogP contribution is 2.25. The van der Waals surface area contributed by atoms with Crippen molar-refractivity contribution in [2.45, 2.75) is 6.54 Å². The minimum Gasteiger partial charge on any atom is -0.496 e. The van der Waals surface area contributed by atoms with Gasteiger partial charge in [-0.1, -0.05) is 23.2 Å². The zero-order valence-electron chi connectivity index (χ0n) is 11.9. The van der Waals surface area contributed by atoms with Crippen LogP contribution in [0.4, 0.5) is 0 Å². The van der Waals surface area contributed by atoms with Crippen LogP contribution >= 0.6 is 39.1 Å². The van der Waals surface area contributed by atoms with Gasteiger partial charge in [0.15, 0.2) is 0 Å². The van der Waals surface area contributed by atoms with Gasteiger partial charge in [0.2, 0.25) is 0 Å². The van der Waals surface area contributed by atoms with Gasteiger partial charge in [-0.3, -0.25) is 4.79 Å². The zero-order chi connectivity index (χ0) is 16.3. The molecule has 1 heterocycles. The smallest absolute Gasteiger partial charge is 0.257 e. The Kier molecular flexibility index (Phi) is 5.67. The lowest BCUT2D eigenvalue weighted by Gasteiger charge is -2.19. The van der Waals surface area contributed by atoms with Crippen molar-refractivity contribution in [1.82, 2.24) is 9.88 Å². The maximum Gasteiger partial charge on any atom is 0.257 e. The minimum absolute atomic E-state index is 0.165. The topological polar surface area (TPSA) is 42.4 Å². The van der Waals surface area contributed by atoms with Gasteiger partial charge in [-0.25, -0.2) is 4.98 Å². The number of hydrogen-bond acceptors (Lipinski definition) is 3. The van der Waals surface area contributed by atoms with E-state index in [0.29, 0.717) is 27.4 Å². The minimum atomic E-state index is -0.235. The molecule has 0 aliphatic rings. The Morgan fingerprint density at radius 2 is 2.09 bits per heavy atom. The van der Waals surface area contributed by atoms with Crippen molar-refractivity contribution in [2.75, 3.05) is 14.2 Å². The van der Waals surface area contributed by atoms with Gasteiger partial charge < -0.3 is 9.64 Å². The number of pyridine rings is 1. The van der Waals surface area contributed by atoms with E-state index in [1.807, 2.05) is 0 Å². The average molecular weight is 404 g/mol. The SMILES string of the molecule is COc1ccc(Cl)cc1CN(C)C(=O)c1cc(Br)cnc1Cl. The van der Waals surface area contributed by atoms with E-state index < -0.39 is 0 Å². The number of rotatable bonds is 4. The van der Waals surface area contributed by atoms with Crippen LogP contribution in [0, 0.1) is 0 Å². The summed E-state index contributed by atoms with van der Waals surface area (Å²) in [5.41, 5.74) is 1.14. The Labute approximate surface area is 147 Å². The van der Waals surface area contributed by atoms with Crippen molar-refractivity contribution in [2.24, 2.45) is 0 Å². The van der Waals surface area contributed by atoms with Gasteiger partial charge in [0, 0.05) is 34.8 Å². The Morgan fingerprint density at radius 3 is 2.77 bits per heavy atom. The Balaban J connectivity index is 2.25. The fourth-order valence-corrected chi connectivity index (χ4v) is 2.69. The molecule has 7 heteroatoms. The van der Waals surface area contributed by atoms with Crippen molar-refractivity contribution < 1.29 is 9.53 Å². The van der Waals surface area contributed by atoms with E-state index in [0.717, 1.165) is 5.56 Å². The highest BCUT2D eigenvalue weighted by molar-refractivity contribution is 9.10. The summed E-state index contributed by atoms with van der Waals surface area (Å²) >= 11 is 15.3. The van der Waals surface area contributed by atoms with Gasteiger partial charge in [-0.05, 0) is 40.2 Å². The summed E-state index contributed by atoms with van der Waals surface area (Å²) in [5.74, 6) is 0.434. The van der Waals surface area contributed by atoms with Crippen molar-refractivity contribution in [3.8, 4) is 5.75 Å². The van der Waals surface area contributed by atoms with Crippen LogP contribution < -0.4 is 4.74 Å². The van der Waals surface area contributed by atoms with E-state index in [2.05, 4.69) is 20.9 Å². The summed E-state index contributed by atoms with van der Waals surface area (Å²) in [6.07, 6.45) is 1.54. The molecule has 0 atom stereocenters. The lowest BCUT2D eigenvalue weighted by Crippen LogP contribution is -2.27. The number of amides is 1. The molecule has 2 rings (SSSR count). The first-order chi connectivity index (χ1) is 10.4. The molecule has 1 aromatic carbocycles. The van der Waals surface area contributed by atoms with Crippen LogP contribution in [-0.4, -0.2) is 29.9 Å². The summed E-state index contributed by atoms with van der Waals surface area (Å²) in [4.78, 5) is 18.0. The molecule has 4 nitrogen and oxygen atoms in total. The molecule has 0 N–H and O–H groups in total. The molecular weight excluding hydrogens is 391 g/mol. The number of halogens is 3. The van der Waals surface area contributed by atoms with Crippen LogP contribution in [0.15, 0.2) is 34.9 Å². The molecule has 2 aromatic rings. The van der Waals surface area contributed by atoms with Crippen molar-refractivity contribution >= 4 is 45.0 Å². The molecule has 22 heavy (non-hydrogen) atoms. The quantitative estimate of drug-likeness (QED) is 0.709. The first-order valence-corrected chi connectivity index (χ1v) is 7.86. The molecule has 1 aromatic heterocycles. The van der Waals surface area contributed by atoms with Gasteiger partial charge in [0.05, 0.1) is 12.7 Å². The summed E-state index contributed by atoms with van der Waals surface area (Å²) in [5, 5.41) is 0.747. The fraction of sp³-hybridized carbons (Fsp3) is 0.200. The molecular formula is C15H13BrCl2N2O2. The van der Waals surface area contributed by atoms with E-state index in [-0.39, 0.29) is 11.1 Å². The third kappa shape index (κ3) is 3.91. The maximum atomic E-state index is 12.5. The highest BCUT2D eigenvalue weighted by Gasteiger charge is 2.18. The summed E-state index contributed by atoms with van der Waals surface area (Å²) in [6, 6.07) is 6.92. The molecule has 0 aliphatic heterocycles. The van der Waals surface area contributed by atoms with Gasteiger partial charge >= 0.3 is 0 Å². The molecule has 0 aliphatic carbocycles. The first kappa shape index (κ1) is 17.1. The predicted molar refractivity (Wildman–Crippen MR) is 90.7 cm³/mol. The molecule has 116 valence electrons. The monoisotopic (exact) mass is 402 g/mol.